The van der Waals surface area contributed by atoms with E-state index in [2.05, 4.69) is 66.7 Å². The average molecular weight is 315 g/mol. The average Bonchev–Trinajstić information content (AvgIpc) is 2.51. The van der Waals surface area contributed by atoms with E-state index in [1.165, 1.54) is 26.9 Å². The molecule has 22 heavy (non-hydrogen) atoms. The first-order valence-electron chi connectivity index (χ1n) is 8.24. The third-order valence-corrected chi connectivity index (χ3v) is 15.5. The summed E-state index contributed by atoms with van der Waals surface area (Å²) in [5.41, 5.74) is 3.26. The number of fused-ring (bicyclic) bond motifs is 4. The summed E-state index contributed by atoms with van der Waals surface area (Å²) in [7, 11) is -0.293. The number of rotatable bonds is 1. The van der Waals surface area contributed by atoms with Gasteiger partial charge in [-0.15, -0.1) is 0 Å². The predicted molar refractivity (Wildman–Crippen MR) is 104 cm³/mol. The molecule has 0 atom stereocenters. The van der Waals surface area contributed by atoms with Crippen molar-refractivity contribution in [1.82, 2.24) is 0 Å². The largest absolute Gasteiger partial charge is 0.0657 e. The van der Waals surface area contributed by atoms with Crippen molar-refractivity contribution in [3.8, 4) is 0 Å². The molecule has 0 radical (unpaired) electrons. The van der Waals surface area contributed by atoms with Gasteiger partial charge in [0.2, 0.25) is 0 Å². The van der Waals surface area contributed by atoms with Gasteiger partial charge in [-0.05, 0) is 44.5 Å². The van der Waals surface area contributed by atoms with Gasteiger partial charge < -0.3 is 0 Å². The van der Waals surface area contributed by atoms with Crippen molar-refractivity contribution in [2.45, 2.75) is 11.3 Å². The molecule has 106 valence electrons. The second kappa shape index (κ2) is 4.80. The highest BCUT2D eigenvalue weighted by atomic mass is 28.4. The molecule has 1 aliphatic heterocycles. The molecule has 1 heterocycles. The quantitative estimate of drug-likeness (QED) is 0.286. The zero-order chi connectivity index (χ0) is 14.5. The summed E-state index contributed by atoms with van der Waals surface area (Å²) < 4.78 is 0. The molecule has 0 N–H and O–H groups in total. The van der Waals surface area contributed by atoms with Gasteiger partial charge in [-0.3, -0.25) is 0 Å². The third-order valence-electron chi connectivity index (χ3n) is 5.30. The molecule has 1 fully saturated rings. The zero-order valence-electron chi connectivity index (χ0n) is 12.5. The lowest BCUT2D eigenvalue weighted by Crippen LogP contribution is -2.41. The zero-order valence-corrected chi connectivity index (χ0v) is 15.1. The fourth-order valence-corrected chi connectivity index (χ4v) is 10.8. The minimum absolute atomic E-state index is 0.324. The predicted octanol–water partition coefficient (Wildman–Crippen LogP) is 3.68. The normalized spacial score (nSPS) is 19.0. The number of hydrogen-bond acceptors (Lipinski definition) is 0. The summed E-state index contributed by atoms with van der Waals surface area (Å²) in [6.45, 7) is 0. The van der Waals surface area contributed by atoms with E-state index in [0.717, 1.165) is 0 Å². The van der Waals surface area contributed by atoms with E-state index in [4.69, 9.17) is 0 Å². The Hall–Kier alpha value is -1.91. The minimum Gasteiger partial charge on any atom is -0.0657 e. The fourth-order valence-electron chi connectivity index (χ4n) is 3.89. The van der Waals surface area contributed by atoms with Gasteiger partial charge in [0.15, 0.2) is 0 Å². The molecular weight excluding hydrogens is 296 g/mol. The van der Waals surface area contributed by atoms with Gasteiger partial charge in [0.1, 0.15) is 0 Å². The first-order chi connectivity index (χ1) is 10.9. The highest BCUT2D eigenvalue weighted by Gasteiger charge is 2.24. The Morgan fingerprint density at radius 3 is 2.18 bits per heavy atom. The standard InChI is InChI=1S/C20H18Si2/c1-2-5-16-11-18-17(10-15(16)4-1)9-8-14-6-3-7-19(20(14)18)22-12-21-13-22/h1-11,22H,12-13,21H2. The van der Waals surface area contributed by atoms with Crippen LogP contribution >= 0.6 is 0 Å². The van der Waals surface area contributed by atoms with E-state index >= 15 is 0 Å². The van der Waals surface area contributed by atoms with Crippen LogP contribution in [-0.2, 0) is 0 Å². The molecule has 0 saturated carbocycles. The van der Waals surface area contributed by atoms with Crippen LogP contribution in [0.3, 0.4) is 0 Å². The van der Waals surface area contributed by atoms with Gasteiger partial charge in [-0.1, -0.05) is 71.1 Å². The van der Waals surface area contributed by atoms with E-state index in [0.29, 0.717) is 9.52 Å². The van der Waals surface area contributed by atoms with Crippen LogP contribution in [0.2, 0.25) is 11.3 Å². The third kappa shape index (κ3) is 1.81. The maximum atomic E-state index is 2.43. The van der Waals surface area contributed by atoms with Crippen LogP contribution in [0.5, 0.6) is 0 Å². The summed E-state index contributed by atoms with van der Waals surface area (Å²) in [5, 5.41) is 10.3. The van der Waals surface area contributed by atoms with E-state index in [1.54, 1.807) is 21.9 Å². The molecule has 0 bridgehead atoms. The van der Waals surface area contributed by atoms with Gasteiger partial charge in [0.05, 0.1) is 8.80 Å². The van der Waals surface area contributed by atoms with Crippen molar-refractivity contribution in [3.05, 3.63) is 66.7 Å². The van der Waals surface area contributed by atoms with E-state index in [1.807, 2.05) is 0 Å². The minimum atomic E-state index is -0.617. The summed E-state index contributed by atoms with van der Waals surface area (Å²) >= 11 is 0. The molecule has 0 aliphatic carbocycles. The smallest absolute Gasteiger partial charge is 0.0655 e. The molecule has 0 unspecified atom stereocenters. The topological polar surface area (TPSA) is 0 Å². The molecule has 2 heteroatoms. The van der Waals surface area contributed by atoms with E-state index in [-0.39, 0.29) is 0 Å². The van der Waals surface area contributed by atoms with Crippen LogP contribution in [0.4, 0.5) is 0 Å². The van der Waals surface area contributed by atoms with Gasteiger partial charge >= 0.3 is 0 Å². The summed E-state index contributed by atoms with van der Waals surface area (Å²) in [5.74, 6) is 0. The number of hydrogen-bond donors (Lipinski definition) is 0. The van der Waals surface area contributed by atoms with Gasteiger partial charge in [-0.2, -0.15) is 0 Å². The Kier molecular flexibility index (Phi) is 2.75. The van der Waals surface area contributed by atoms with Gasteiger partial charge in [-0.25, -0.2) is 0 Å². The van der Waals surface area contributed by atoms with Crippen molar-refractivity contribution in [3.63, 3.8) is 0 Å². The van der Waals surface area contributed by atoms with Gasteiger partial charge in [0, 0.05) is 9.52 Å². The molecule has 0 amide bonds. The molecule has 0 nitrogen and oxygen atoms in total. The molecule has 4 aromatic carbocycles. The Morgan fingerprint density at radius 1 is 0.682 bits per heavy atom. The Bertz CT molecular complexity index is 1020. The van der Waals surface area contributed by atoms with E-state index in [9.17, 15) is 0 Å². The first kappa shape index (κ1) is 12.6. The SMILES string of the molecule is c1ccc2cc3c(ccc4cccc([SiH]5C[SiH2]C5)c43)cc2c1. The number of benzene rings is 4. The first-order valence-corrected chi connectivity index (χ1v) is 12.5. The molecule has 5 rings (SSSR count). The molecular formula is C20H18Si2. The van der Waals surface area contributed by atoms with Crippen LogP contribution in [0.15, 0.2) is 66.7 Å². The van der Waals surface area contributed by atoms with Crippen LogP contribution in [-0.4, -0.2) is 18.3 Å². The monoisotopic (exact) mass is 314 g/mol. The Morgan fingerprint density at radius 2 is 1.41 bits per heavy atom. The highest BCUT2D eigenvalue weighted by Crippen LogP contribution is 2.30. The van der Waals surface area contributed by atoms with Crippen molar-refractivity contribution >= 4 is 55.8 Å². The van der Waals surface area contributed by atoms with Crippen molar-refractivity contribution in [1.29, 1.82) is 0 Å². The van der Waals surface area contributed by atoms with Gasteiger partial charge in [0.25, 0.3) is 0 Å². The summed E-state index contributed by atoms with van der Waals surface area (Å²) in [6, 6.07) is 25.1. The van der Waals surface area contributed by atoms with Crippen LogP contribution < -0.4 is 5.19 Å². The molecule has 1 saturated heterocycles. The Balaban J connectivity index is 1.94. The molecule has 1 aliphatic rings. The lowest BCUT2D eigenvalue weighted by atomic mass is 9.98. The van der Waals surface area contributed by atoms with Crippen molar-refractivity contribution in [2.75, 3.05) is 0 Å². The molecule has 4 aromatic rings. The Labute approximate surface area is 134 Å². The van der Waals surface area contributed by atoms with E-state index < -0.39 is 8.80 Å². The molecule has 0 aromatic heterocycles. The second-order valence-corrected chi connectivity index (χ2v) is 13.9. The summed E-state index contributed by atoms with van der Waals surface area (Å²) in [6.07, 6.45) is 0. The van der Waals surface area contributed by atoms with Crippen LogP contribution in [0.25, 0.3) is 32.3 Å². The van der Waals surface area contributed by atoms with Crippen molar-refractivity contribution in [2.24, 2.45) is 0 Å². The maximum Gasteiger partial charge on any atom is 0.0655 e. The molecule has 0 spiro atoms. The fraction of sp³-hybridized carbons (Fsp3) is 0.100. The van der Waals surface area contributed by atoms with Crippen molar-refractivity contribution < 1.29 is 0 Å². The van der Waals surface area contributed by atoms with Crippen LogP contribution in [0, 0.1) is 0 Å². The maximum absolute atomic E-state index is 2.43. The lowest BCUT2D eigenvalue weighted by molar-refractivity contribution is 1.63. The lowest BCUT2D eigenvalue weighted by Gasteiger charge is -2.25. The summed E-state index contributed by atoms with van der Waals surface area (Å²) in [4.78, 5) is 0. The second-order valence-electron chi connectivity index (χ2n) is 6.56. The van der Waals surface area contributed by atoms with Crippen LogP contribution in [0.1, 0.15) is 0 Å². The highest BCUT2D eigenvalue weighted by molar-refractivity contribution is 6.95.